The van der Waals surface area contributed by atoms with Gasteiger partial charge in [-0.25, -0.2) is 4.39 Å². The lowest BCUT2D eigenvalue weighted by Crippen LogP contribution is -2.01. The molecule has 110 valence electrons. The molecule has 0 radical (unpaired) electrons. The fourth-order valence-electron chi connectivity index (χ4n) is 1.75. The highest BCUT2D eigenvalue weighted by atomic mass is 35.5. The van der Waals surface area contributed by atoms with Gasteiger partial charge < -0.3 is 4.74 Å². The van der Waals surface area contributed by atoms with E-state index in [1.807, 2.05) is 0 Å². The van der Waals surface area contributed by atoms with Crippen LogP contribution in [0.5, 0.6) is 5.75 Å². The quantitative estimate of drug-likeness (QED) is 0.779. The summed E-state index contributed by atoms with van der Waals surface area (Å²) in [5.74, 6) is 0.530. The zero-order chi connectivity index (χ0) is 13.0. The molecule has 0 heterocycles. The van der Waals surface area contributed by atoms with E-state index < -0.39 is 0 Å². The first kappa shape index (κ1) is 18.8. The van der Waals surface area contributed by atoms with Crippen LogP contribution in [0.15, 0.2) is 42.5 Å². The van der Waals surface area contributed by atoms with Gasteiger partial charge in [0.25, 0.3) is 0 Å². The van der Waals surface area contributed by atoms with E-state index in [0.717, 1.165) is 12.2 Å². The molecule has 0 N–H and O–H groups in total. The molecule has 20 heavy (non-hydrogen) atoms. The van der Waals surface area contributed by atoms with Gasteiger partial charge in [0.2, 0.25) is 0 Å². The Morgan fingerprint density at radius 2 is 1.60 bits per heavy atom. The number of ether oxygens (including phenoxy) is 1. The molecular weight excluding hydrogens is 298 g/mol. The summed E-state index contributed by atoms with van der Waals surface area (Å²) in [5, 5.41) is 0. The van der Waals surface area contributed by atoms with Crippen LogP contribution in [0.2, 0.25) is 0 Å². The van der Waals surface area contributed by atoms with Crippen molar-refractivity contribution < 1.29 is 9.13 Å². The van der Waals surface area contributed by atoms with Gasteiger partial charge >= 0.3 is 0 Å². The first-order valence-corrected chi connectivity index (χ1v) is 6.09. The first-order valence-electron chi connectivity index (χ1n) is 6.09. The molecule has 0 unspecified atom stereocenters. The zero-order valence-electron chi connectivity index (χ0n) is 11.6. The number of halogens is 3. The van der Waals surface area contributed by atoms with E-state index in [0.29, 0.717) is 12.2 Å². The average molecular weight is 317 g/mol. The maximum atomic E-state index is 13.1. The maximum Gasteiger partial charge on any atom is 0.126 e. The third-order valence-electron chi connectivity index (χ3n) is 2.91. The number of aryl methyl sites for hydroxylation is 2. The normalized spacial score (nSPS) is 9.35. The SMILES string of the molecule is Cc1ccc(CCOc2ccc(F)c(C)c2)cc1.Cl.Cl. The maximum absolute atomic E-state index is 13.1. The van der Waals surface area contributed by atoms with Crippen LogP contribution in [-0.4, -0.2) is 6.61 Å². The number of hydrogen-bond donors (Lipinski definition) is 0. The second-order valence-corrected chi connectivity index (χ2v) is 4.50. The summed E-state index contributed by atoms with van der Waals surface area (Å²) in [7, 11) is 0. The van der Waals surface area contributed by atoms with Gasteiger partial charge in [-0.2, -0.15) is 0 Å². The van der Waals surface area contributed by atoms with Crippen LogP contribution in [0.1, 0.15) is 16.7 Å². The Bertz CT molecular complexity index is 527. The van der Waals surface area contributed by atoms with Gasteiger partial charge in [-0.05, 0) is 43.2 Å². The molecule has 0 amide bonds. The second-order valence-electron chi connectivity index (χ2n) is 4.50. The minimum absolute atomic E-state index is 0. The van der Waals surface area contributed by atoms with Gasteiger partial charge in [0, 0.05) is 6.42 Å². The van der Waals surface area contributed by atoms with Gasteiger partial charge in [-0.3, -0.25) is 0 Å². The zero-order valence-corrected chi connectivity index (χ0v) is 13.2. The topological polar surface area (TPSA) is 9.23 Å². The number of hydrogen-bond acceptors (Lipinski definition) is 1. The highest BCUT2D eigenvalue weighted by molar-refractivity contribution is 5.85. The Hall–Kier alpha value is -1.25. The van der Waals surface area contributed by atoms with Crippen molar-refractivity contribution in [1.29, 1.82) is 0 Å². The third-order valence-corrected chi connectivity index (χ3v) is 2.91. The highest BCUT2D eigenvalue weighted by Gasteiger charge is 2.00. The van der Waals surface area contributed by atoms with Crippen LogP contribution in [-0.2, 0) is 6.42 Å². The van der Waals surface area contributed by atoms with Gasteiger partial charge in [0.05, 0.1) is 6.61 Å². The molecule has 2 aromatic rings. The average Bonchev–Trinajstić information content (AvgIpc) is 2.36. The van der Waals surface area contributed by atoms with Crippen LogP contribution in [0.25, 0.3) is 0 Å². The van der Waals surface area contributed by atoms with Gasteiger partial charge in [0.1, 0.15) is 11.6 Å². The van der Waals surface area contributed by atoms with E-state index >= 15 is 0 Å². The van der Waals surface area contributed by atoms with Crippen LogP contribution < -0.4 is 4.74 Å². The minimum atomic E-state index is -0.194. The van der Waals surface area contributed by atoms with Crippen molar-refractivity contribution in [3.8, 4) is 5.75 Å². The van der Waals surface area contributed by atoms with Crippen molar-refractivity contribution in [2.24, 2.45) is 0 Å². The van der Waals surface area contributed by atoms with E-state index in [-0.39, 0.29) is 30.6 Å². The van der Waals surface area contributed by atoms with Crippen molar-refractivity contribution in [2.75, 3.05) is 6.61 Å². The van der Waals surface area contributed by atoms with E-state index in [4.69, 9.17) is 4.74 Å². The van der Waals surface area contributed by atoms with Gasteiger partial charge in [-0.1, -0.05) is 29.8 Å². The fourth-order valence-corrected chi connectivity index (χ4v) is 1.75. The van der Waals surface area contributed by atoms with Crippen LogP contribution in [0, 0.1) is 19.7 Å². The van der Waals surface area contributed by atoms with Gasteiger partial charge in [-0.15, -0.1) is 24.8 Å². The van der Waals surface area contributed by atoms with E-state index in [9.17, 15) is 4.39 Å². The highest BCUT2D eigenvalue weighted by Crippen LogP contribution is 2.16. The molecule has 1 nitrogen and oxygen atoms in total. The Balaban J connectivity index is 0.00000180. The Labute approximate surface area is 132 Å². The fraction of sp³-hybridized carbons (Fsp3) is 0.250. The molecule has 0 fully saturated rings. The summed E-state index contributed by atoms with van der Waals surface area (Å²) >= 11 is 0. The molecular formula is C16H19Cl2FO. The van der Waals surface area contributed by atoms with Crippen LogP contribution >= 0.6 is 24.8 Å². The predicted octanol–water partition coefficient (Wildman–Crippen LogP) is 4.91. The first-order chi connectivity index (χ1) is 8.65. The standard InChI is InChI=1S/C16H17FO.2ClH/c1-12-3-5-14(6-4-12)9-10-18-15-7-8-16(17)13(2)11-15;;/h3-8,11H,9-10H2,1-2H3;2*1H. The van der Waals surface area contributed by atoms with Crippen molar-refractivity contribution in [3.05, 3.63) is 65.0 Å². The Morgan fingerprint density at radius 1 is 0.950 bits per heavy atom. The summed E-state index contributed by atoms with van der Waals surface area (Å²) in [5.41, 5.74) is 3.12. The molecule has 4 heteroatoms. The molecule has 0 aliphatic heterocycles. The largest absolute Gasteiger partial charge is 0.493 e. The molecule has 0 saturated carbocycles. The predicted molar refractivity (Wildman–Crippen MR) is 86.0 cm³/mol. The lowest BCUT2D eigenvalue weighted by atomic mass is 10.1. The summed E-state index contributed by atoms with van der Waals surface area (Å²) < 4.78 is 18.7. The summed E-state index contributed by atoms with van der Waals surface area (Å²) in [6.07, 6.45) is 0.858. The second kappa shape index (κ2) is 8.83. The molecule has 0 aliphatic carbocycles. The van der Waals surface area contributed by atoms with Crippen molar-refractivity contribution in [2.45, 2.75) is 20.3 Å². The molecule has 0 spiro atoms. The number of benzene rings is 2. The van der Waals surface area contributed by atoms with Crippen molar-refractivity contribution in [3.63, 3.8) is 0 Å². The van der Waals surface area contributed by atoms with Crippen LogP contribution in [0.4, 0.5) is 4.39 Å². The summed E-state index contributed by atoms with van der Waals surface area (Å²) in [6, 6.07) is 13.2. The molecule has 0 aromatic heterocycles. The summed E-state index contributed by atoms with van der Waals surface area (Å²) in [4.78, 5) is 0. The third kappa shape index (κ3) is 5.40. The molecule has 0 aliphatic rings. The van der Waals surface area contributed by atoms with Crippen LogP contribution in [0.3, 0.4) is 0 Å². The Kier molecular flexibility index (Phi) is 8.28. The molecule has 2 rings (SSSR count). The van der Waals surface area contributed by atoms with Crippen molar-refractivity contribution >= 4 is 24.8 Å². The molecule has 2 aromatic carbocycles. The number of rotatable bonds is 4. The lowest BCUT2D eigenvalue weighted by molar-refractivity contribution is 0.321. The van der Waals surface area contributed by atoms with E-state index in [1.165, 1.54) is 17.2 Å². The molecule has 0 atom stereocenters. The van der Waals surface area contributed by atoms with E-state index in [2.05, 4.69) is 31.2 Å². The van der Waals surface area contributed by atoms with Crippen molar-refractivity contribution in [1.82, 2.24) is 0 Å². The smallest absolute Gasteiger partial charge is 0.126 e. The molecule has 0 saturated heterocycles. The monoisotopic (exact) mass is 316 g/mol. The Morgan fingerprint density at radius 3 is 2.20 bits per heavy atom. The lowest BCUT2D eigenvalue weighted by Gasteiger charge is -2.07. The molecule has 0 bridgehead atoms. The minimum Gasteiger partial charge on any atom is -0.493 e. The van der Waals surface area contributed by atoms with E-state index in [1.54, 1.807) is 19.1 Å². The van der Waals surface area contributed by atoms with Gasteiger partial charge in [0.15, 0.2) is 0 Å². The summed E-state index contributed by atoms with van der Waals surface area (Å²) in [6.45, 7) is 4.41.